The first-order valence-electron chi connectivity index (χ1n) is 5.19. The fourth-order valence-electron chi connectivity index (χ4n) is 1.87. The largest absolute Gasteiger partial charge is 0.478 e. The second-order valence-electron chi connectivity index (χ2n) is 4.04. The quantitative estimate of drug-likeness (QED) is 0.554. The van der Waals surface area contributed by atoms with E-state index in [9.17, 15) is 4.79 Å². The third kappa shape index (κ3) is 3.02. The number of carbonyl (C=O) groups is 1. The van der Waals surface area contributed by atoms with E-state index in [1.807, 2.05) is 6.08 Å². The van der Waals surface area contributed by atoms with E-state index in [0.717, 1.165) is 0 Å². The maximum atomic E-state index is 10.6. The molecule has 2 unspecified atom stereocenters. The normalized spacial score (nSPS) is 24.7. The Morgan fingerprint density at radius 2 is 2.36 bits per heavy atom. The number of carboxylic acids is 1. The minimum atomic E-state index is -0.809. The molecule has 0 fully saturated rings. The van der Waals surface area contributed by atoms with Gasteiger partial charge in [0.2, 0.25) is 0 Å². The number of carboxylic acid groups (broad SMARTS) is 1. The lowest BCUT2D eigenvalue weighted by atomic mass is 9.85. The molecule has 0 bridgehead atoms. The highest BCUT2D eigenvalue weighted by molar-refractivity contribution is 5.85. The molecule has 1 N–H and O–H groups in total. The fourth-order valence-corrected chi connectivity index (χ4v) is 1.87. The molecule has 2 heteroatoms. The van der Waals surface area contributed by atoms with Crippen LogP contribution in [0.2, 0.25) is 0 Å². The van der Waals surface area contributed by atoms with E-state index < -0.39 is 5.97 Å². The zero-order valence-corrected chi connectivity index (χ0v) is 8.86. The molecule has 1 rings (SSSR count). The van der Waals surface area contributed by atoms with Crippen LogP contribution in [0.3, 0.4) is 0 Å². The van der Waals surface area contributed by atoms with Gasteiger partial charge in [0, 0.05) is 5.57 Å². The van der Waals surface area contributed by atoms with Crippen molar-refractivity contribution in [2.45, 2.75) is 33.1 Å². The number of hydrogen-bond acceptors (Lipinski definition) is 1. The first kappa shape index (κ1) is 11.0. The molecule has 2 nitrogen and oxygen atoms in total. The molecule has 2 atom stereocenters. The molecule has 0 spiro atoms. The van der Waals surface area contributed by atoms with Crippen molar-refractivity contribution in [3.8, 4) is 0 Å². The molecule has 0 saturated carbocycles. The van der Waals surface area contributed by atoms with Crippen molar-refractivity contribution >= 4 is 5.97 Å². The maximum Gasteiger partial charge on any atom is 0.330 e. The van der Waals surface area contributed by atoms with Crippen molar-refractivity contribution < 1.29 is 9.90 Å². The summed E-state index contributed by atoms with van der Waals surface area (Å²) in [5.41, 5.74) is 0.455. The molecule has 78 valence electrons. The molecule has 0 aromatic carbocycles. The predicted octanol–water partition coefficient (Wildman–Crippen LogP) is 3.01. The highest BCUT2D eigenvalue weighted by Gasteiger charge is 2.15. The van der Waals surface area contributed by atoms with E-state index in [4.69, 9.17) is 5.11 Å². The predicted molar refractivity (Wildman–Crippen MR) is 57.0 cm³/mol. The lowest BCUT2D eigenvalue weighted by Gasteiger charge is -2.21. The molecule has 0 radical (unpaired) electrons. The topological polar surface area (TPSA) is 37.3 Å². The summed E-state index contributed by atoms with van der Waals surface area (Å²) in [4.78, 5) is 10.6. The smallest absolute Gasteiger partial charge is 0.330 e. The Bertz CT molecular complexity index is 263. The number of aliphatic carboxylic acids is 1. The van der Waals surface area contributed by atoms with Gasteiger partial charge in [0.05, 0.1) is 0 Å². The summed E-state index contributed by atoms with van der Waals surface area (Å²) in [5, 5.41) is 8.74. The van der Waals surface area contributed by atoms with Crippen molar-refractivity contribution in [2.75, 3.05) is 0 Å². The Balaban J connectivity index is 2.60. The zero-order chi connectivity index (χ0) is 10.6. The monoisotopic (exact) mass is 194 g/mol. The van der Waals surface area contributed by atoms with Gasteiger partial charge >= 0.3 is 5.97 Å². The molecule has 0 amide bonds. The van der Waals surface area contributed by atoms with Gasteiger partial charge in [-0.2, -0.15) is 0 Å². The summed E-state index contributed by atoms with van der Waals surface area (Å²) in [6.45, 7) is 3.75. The van der Waals surface area contributed by atoms with Gasteiger partial charge in [0.15, 0.2) is 0 Å². The average molecular weight is 194 g/mol. The molecule has 0 aromatic rings. The Morgan fingerprint density at radius 3 is 2.86 bits per heavy atom. The zero-order valence-electron chi connectivity index (χ0n) is 8.86. The van der Waals surface area contributed by atoms with Gasteiger partial charge in [-0.25, -0.2) is 4.79 Å². The van der Waals surface area contributed by atoms with E-state index in [-0.39, 0.29) is 0 Å². The van der Waals surface area contributed by atoms with Crippen molar-refractivity contribution in [3.63, 3.8) is 0 Å². The van der Waals surface area contributed by atoms with Crippen LogP contribution in [0.4, 0.5) is 0 Å². The molecule has 14 heavy (non-hydrogen) atoms. The molecule has 1 aliphatic rings. The number of hydrogen-bond donors (Lipinski definition) is 1. The van der Waals surface area contributed by atoms with Crippen molar-refractivity contribution in [1.29, 1.82) is 0 Å². The van der Waals surface area contributed by atoms with Gasteiger partial charge in [0.25, 0.3) is 0 Å². The van der Waals surface area contributed by atoms with E-state index in [0.29, 0.717) is 17.4 Å². The lowest BCUT2D eigenvalue weighted by Crippen LogP contribution is -2.11. The SMILES string of the molecule is C/C(=C\C(C)C1C=CCCC1)C(=O)O. The van der Waals surface area contributed by atoms with Crippen LogP contribution >= 0.6 is 0 Å². The van der Waals surface area contributed by atoms with Crippen molar-refractivity contribution in [2.24, 2.45) is 11.8 Å². The highest BCUT2D eigenvalue weighted by Crippen LogP contribution is 2.26. The lowest BCUT2D eigenvalue weighted by molar-refractivity contribution is -0.132. The third-order valence-electron chi connectivity index (χ3n) is 2.82. The molecular weight excluding hydrogens is 176 g/mol. The van der Waals surface area contributed by atoms with Crippen LogP contribution in [0, 0.1) is 11.8 Å². The van der Waals surface area contributed by atoms with Gasteiger partial charge in [0.1, 0.15) is 0 Å². The summed E-state index contributed by atoms with van der Waals surface area (Å²) >= 11 is 0. The summed E-state index contributed by atoms with van der Waals surface area (Å²) in [5.74, 6) is 0.0531. The summed E-state index contributed by atoms with van der Waals surface area (Å²) in [7, 11) is 0. The van der Waals surface area contributed by atoms with Gasteiger partial charge in [-0.15, -0.1) is 0 Å². The van der Waals surface area contributed by atoms with E-state index >= 15 is 0 Å². The van der Waals surface area contributed by atoms with E-state index in [1.54, 1.807) is 6.92 Å². The molecule has 0 aromatic heterocycles. The van der Waals surface area contributed by atoms with Crippen LogP contribution < -0.4 is 0 Å². The number of allylic oxidation sites excluding steroid dienone is 3. The Labute approximate surface area is 85.3 Å². The minimum Gasteiger partial charge on any atom is -0.478 e. The fraction of sp³-hybridized carbons (Fsp3) is 0.583. The van der Waals surface area contributed by atoms with Gasteiger partial charge in [-0.1, -0.05) is 25.2 Å². The molecule has 0 saturated heterocycles. The van der Waals surface area contributed by atoms with Crippen LogP contribution in [0.5, 0.6) is 0 Å². The standard InChI is InChI=1S/C12H18O2/c1-9(8-10(2)12(13)14)11-6-4-3-5-7-11/h4,6,8-9,11H,3,5,7H2,1-2H3,(H,13,14)/b10-8+. The minimum absolute atomic E-state index is 0.336. The van der Waals surface area contributed by atoms with E-state index in [2.05, 4.69) is 19.1 Å². The maximum absolute atomic E-state index is 10.6. The average Bonchev–Trinajstić information content (AvgIpc) is 2.19. The summed E-state index contributed by atoms with van der Waals surface area (Å²) in [6.07, 6.45) is 9.87. The first-order valence-corrected chi connectivity index (χ1v) is 5.19. The second kappa shape index (κ2) is 4.99. The second-order valence-corrected chi connectivity index (χ2v) is 4.04. The van der Waals surface area contributed by atoms with Crippen LogP contribution in [-0.4, -0.2) is 11.1 Å². The van der Waals surface area contributed by atoms with Gasteiger partial charge in [-0.05, 0) is 38.0 Å². The van der Waals surface area contributed by atoms with Crippen LogP contribution in [0.15, 0.2) is 23.8 Å². The number of rotatable bonds is 3. The van der Waals surface area contributed by atoms with Crippen molar-refractivity contribution in [3.05, 3.63) is 23.8 Å². The van der Waals surface area contributed by atoms with Gasteiger partial charge < -0.3 is 5.11 Å². The Hall–Kier alpha value is -1.05. The molecule has 1 aliphatic carbocycles. The first-order chi connectivity index (χ1) is 6.61. The van der Waals surface area contributed by atoms with Crippen LogP contribution in [0.1, 0.15) is 33.1 Å². The van der Waals surface area contributed by atoms with E-state index in [1.165, 1.54) is 19.3 Å². The molecule has 0 aliphatic heterocycles. The van der Waals surface area contributed by atoms with Crippen molar-refractivity contribution in [1.82, 2.24) is 0 Å². The highest BCUT2D eigenvalue weighted by atomic mass is 16.4. The molecule has 0 heterocycles. The Kier molecular flexibility index (Phi) is 3.93. The Morgan fingerprint density at radius 1 is 1.64 bits per heavy atom. The summed E-state index contributed by atoms with van der Waals surface area (Å²) in [6, 6.07) is 0. The summed E-state index contributed by atoms with van der Waals surface area (Å²) < 4.78 is 0. The van der Waals surface area contributed by atoms with Crippen LogP contribution in [0.25, 0.3) is 0 Å². The third-order valence-corrected chi connectivity index (χ3v) is 2.82. The van der Waals surface area contributed by atoms with Gasteiger partial charge in [-0.3, -0.25) is 0 Å². The van der Waals surface area contributed by atoms with Crippen LogP contribution in [-0.2, 0) is 4.79 Å². The molecular formula is C12H18O2.